The van der Waals surface area contributed by atoms with Gasteiger partial charge in [-0.1, -0.05) is 13.8 Å². The van der Waals surface area contributed by atoms with Crippen molar-refractivity contribution in [2.75, 3.05) is 26.7 Å². The monoisotopic (exact) mass is 526 g/mol. The lowest BCUT2D eigenvalue weighted by Crippen LogP contribution is -2.71. The number of aryl methyl sites for hydroxylation is 1. The summed E-state index contributed by atoms with van der Waals surface area (Å²) < 4.78 is 16.3. The molecule has 0 radical (unpaired) electrons. The Morgan fingerprint density at radius 1 is 1.27 bits per heavy atom. The summed E-state index contributed by atoms with van der Waals surface area (Å²) in [5.74, 6) is -0.208. The molecule has 4 heterocycles. The van der Waals surface area contributed by atoms with E-state index in [0.717, 1.165) is 46.9 Å². The van der Waals surface area contributed by atoms with E-state index < -0.39 is 0 Å². The normalized spacial score (nSPS) is 27.7. The smallest absolute Gasteiger partial charge is 0.320 e. The predicted octanol–water partition coefficient (Wildman–Crippen LogP) is 3.51. The van der Waals surface area contributed by atoms with E-state index in [4.69, 9.17) is 0 Å². The van der Waals surface area contributed by atoms with Crippen LogP contribution in [-0.2, 0) is 0 Å². The highest BCUT2D eigenvalue weighted by Gasteiger charge is 2.47. The van der Waals surface area contributed by atoms with Crippen molar-refractivity contribution in [1.82, 2.24) is 35.4 Å². The molecule has 2 fully saturated rings. The molecule has 5 atom stereocenters. The summed E-state index contributed by atoms with van der Waals surface area (Å²) in [5.41, 5.74) is 5.69. The van der Waals surface area contributed by atoms with E-state index in [1.54, 1.807) is 34.4 Å². The van der Waals surface area contributed by atoms with E-state index in [1.807, 2.05) is 19.2 Å². The number of likely N-dealkylation sites (N-methyl/N-ethyl adjacent to an activating group) is 1. The Kier molecular flexibility index (Phi) is 7.11. The van der Waals surface area contributed by atoms with Crippen molar-refractivity contribution in [3.8, 4) is 6.07 Å². The molecule has 3 aliphatic heterocycles. The third-order valence-corrected chi connectivity index (χ3v) is 9.01. The Balaban J connectivity index is 1.41. The average Bonchev–Trinajstić information content (AvgIpc) is 3.47. The number of carbonyl (C=O) groups is 1. The van der Waals surface area contributed by atoms with E-state index in [2.05, 4.69) is 52.4 Å². The molecule has 198 valence electrons. The zero-order valence-electron chi connectivity index (χ0n) is 22.0. The lowest BCUT2D eigenvalue weighted by molar-refractivity contribution is -0.0385. The fourth-order valence-corrected chi connectivity index (χ4v) is 6.89. The number of nitrogens with one attached hydrogen (secondary N) is 2. The van der Waals surface area contributed by atoms with Crippen LogP contribution in [0.2, 0.25) is 0 Å². The molecule has 2 saturated heterocycles. The number of hydrogen-bond acceptors (Lipinski definition) is 8. The Morgan fingerprint density at radius 2 is 2.03 bits per heavy atom. The highest BCUT2D eigenvalue weighted by Crippen LogP contribution is 2.36. The van der Waals surface area contributed by atoms with Gasteiger partial charge in [0.1, 0.15) is 24.6 Å². The molecule has 2 amide bonds. The molecular weight excluding hydrogens is 491 g/mol. The van der Waals surface area contributed by atoms with Crippen molar-refractivity contribution >= 4 is 27.6 Å². The first-order valence-electron chi connectivity index (χ1n) is 13.0. The van der Waals surface area contributed by atoms with Gasteiger partial charge >= 0.3 is 6.03 Å². The Hall–Kier alpha value is -2.78. The van der Waals surface area contributed by atoms with Crippen LogP contribution in [0.5, 0.6) is 0 Å². The van der Waals surface area contributed by atoms with E-state index in [9.17, 15) is 10.1 Å². The fourth-order valence-electron chi connectivity index (χ4n) is 6.03. The number of amides is 2. The summed E-state index contributed by atoms with van der Waals surface area (Å²) in [6.07, 6.45) is 3.41. The van der Waals surface area contributed by atoms with Crippen LogP contribution in [0.1, 0.15) is 50.2 Å². The maximum atomic E-state index is 15.3. The second kappa shape index (κ2) is 10.2. The van der Waals surface area contributed by atoms with Gasteiger partial charge in [-0.15, -0.1) is 11.3 Å². The summed E-state index contributed by atoms with van der Waals surface area (Å²) in [4.78, 5) is 23.8. The number of benzene rings is 1. The van der Waals surface area contributed by atoms with Gasteiger partial charge in [-0.2, -0.15) is 5.26 Å². The summed E-state index contributed by atoms with van der Waals surface area (Å²) in [6.45, 7) is 10.1. The van der Waals surface area contributed by atoms with Crippen molar-refractivity contribution in [1.29, 1.82) is 5.26 Å². The van der Waals surface area contributed by atoms with Crippen LogP contribution >= 0.6 is 11.3 Å². The SMILES string of the molecule is CC[C@H]1CN([C@@H](C)c2cc3sc(C)nc3cc2F)[C@H](CC)CN1C1NC(=O)N(C)C2=CN(CC#N)NC21. The average molecular weight is 527 g/mol. The molecule has 0 saturated carbocycles. The first-order chi connectivity index (χ1) is 17.7. The molecule has 2 aromatic rings. The van der Waals surface area contributed by atoms with Crippen LogP contribution in [-0.4, -0.2) is 81.7 Å². The highest BCUT2D eigenvalue weighted by molar-refractivity contribution is 7.18. The van der Waals surface area contributed by atoms with Crippen molar-refractivity contribution in [3.63, 3.8) is 0 Å². The number of thiazole rings is 1. The maximum Gasteiger partial charge on any atom is 0.322 e. The second-order valence-electron chi connectivity index (χ2n) is 10.2. The van der Waals surface area contributed by atoms with Gasteiger partial charge in [0.05, 0.1) is 27.0 Å². The topological polar surface area (TPSA) is 90.8 Å². The highest BCUT2D eigenvalue weighted by atomic mass is 32.1. The Morgan fingerprint density at radius 3 is 2.73 bits per heavy atom. The zero-order chi connectivity index (χ0) is 26.4. The number of carbonyl (C=O) groups excluding carboxylic acids is 1. The minimum absolute atomic E-state index is 0.0915. The number of nitrogens with zero attached hydrogens (tertiary/aromatic N) is 6. The first-order valence-corrected chi connectivity index (χ1v) is 13.8. The standard InChI is InChI=1S/C26H35FN8OS/c1-6-17-13-35(25-24-22(32(5)26(36)30-25)14-33(31-24)9-8-28)18(7-2)12-34(17)15(3)19-10-23-21(11-20(19)27)29-16(4)37-23/h10-11,14-15,17-18,24-25,31H,6-7,9,12-13H2,1-5H3,(H,30,36)/t15-,17+,18-,24?,25?/m0/s1. The van der Waals surface area contributed by atoms with Gasteiger partial charge in [0.25, 0.3) is 0 Å². The van der Waals surface area contributed by atoms with E-state index in [1.165, 1.54) is 0 Å². The Labute approximate surface area is 221 Å². The number of piperazine rings is 1. The molecule has 0 bridgehead atoms. The zero-order valence-corrected chi connectivity index (χ0v) is 22.8. The number of fused-ring (bicyclic) bond motifs is 2. The number of urea groups is 1. The second-order valence-corrected chi connectivity index (χ2v) is 11.4. The van der Waals surface area contributed by atoms with Crippen LogP contribution in [0.25, 0.3) is 10.2 Å². The molecule has 0 aliphatic carbocycles. The molecule has 11 heteroatoms. The lowest BCUT2D eigenvalue weighted by Gasteiger charge is -2.53. The largest absolute Gasteiger partial charge is 0.322 e. The number of hydrazine groups is 1. The molecule has 0 spiro atoms. The van der Waals surface area contributed by atoms with Gasteiger partial charge in [0.15, 0.2) is 0 Å². The molecule has 3 aliphatic rings. The molecule has 1 aromatic heterocycles. The van der Waals surface area contributed by atoms with Crippen LogP contribution in [0.3, 0.4) is 0 Å². The number of rotatable bonds is 6. The van der Waals surface area contributed by atoms with Crippen LogP contribution in [0, 0.1) is 24.1 Å². The van der Waals surface area contributed by atoms with Gasteiger partial charge in [-0.05, 0) is 32.8 Å². The third kappa shape index (κ3) is 4.56. The number of aromatic nitrogens is 1. The summed E-state index contributed by atoms with van der Waals surface area (Å²) in [6, 6.07) is 5.68. The van der Waals surface area contributed by atoms with Gasteiger partial charge in [-0.25, -0.2) is 19.6 Å². The Bertz CT molecular complexity index is 1260. The van der Waals surface area contributed by atoms with Crippen molar-refractivity contribution in [2.45, 2.75) is 70.9 Å². The quantitative estimate of drug-likeness (QED) is 0.557. The van der Waals surface area contributed by atoms with Crippen molar-refractivity contribution in [3.05, 3.63) is 40.4 Å². The first kappa shape index (κ1) is 25.9. The van der Waals surface area contributed by atoms with Gasteiger partial charge < -0.3 is 5.32 Å². The van der Waals surface area contributed by atoms with Gasteiger partial charge in [0, 0.05) is 56.1 Å². The predicted molar refractivity (Wildman–Crippen MR) is 142 cm³/mol. The molecular formula is C26H35FN8OS. The van der Waals surface area contributed by atoms with Crippen molar-refractivity contribution < 1.29 is 9.18 Å². The molecule has 9 nitrogen and oxygen atoms in total. The minimum atomic E-state index is -0.247. The van der Waals surface area contributed by atoms with Crippen LogP contribution in [0.4, 0.5) is 9.18 Å². The van der Waals surface area contributed by atoms with Crippen molar-refractivity contribution in [2.24, 2.45) is 0 Å². The van der Waals surface area contributed by atoms with Gasteiger partial charge in [-0.3, -0.25) is 19.7 Å². The van der Waals surface area contributed by atoms with E-state index in [-0.39, 0.29) is 48.7 Å². The number of nitriles is 1. The maximum absolute atomic E-state index is 15.3. The van der Waals surface area contributed by atoms with E-state index >= 15 is 4.39 Å². The fraction of sp³-hybridized carbons (Fsp3) is 0.577. The number of halogens is 1. The molecule has 37 heavy (non-hydrogen) atoms. The molecule has 5 rings (SSSR count). The third-order valence-electron chi connectivity index (χ3n) is 8.07. The van der Waals surface area contributed by atoms with Gasteiger partial charge in [0.2, 0.25) is 0 Å². The molecule has 2 unspecified atom stereocenters. The summed E-state index contributed by atoms with van der Waals surface area (Å²) >= 11 is 1.60. The molecule has 2 N–H and O–H groups in total. The van der Waals surface area contributed by atoms with Crippen LogP contribution in [0.15, 0.2) is 24.0 Å². The minimum Gasteiger partial charge on any atom is -0.320 e. The summed E-state index contributed by atoms with van der Waals surface area (Å²) in [5, 5.41) is 15.1. The summed E-state index contributed by atoms with van der Waals surface area (Å²) in [7, 11) is 1.75. The lowest BCUT2D eigenvalue weighted by atomic mass is 9.95. The number of hydrogen-bond donors (Lipinski definition) is 2. The van der Waals surface area contributed by atoms with Crippen LogP contribution < -0.4 is 10.7 Å². The van der Waals surface area contributed by atoms with E-state index in [0.29, 0.717) is 5.56 Å². The molecule has 1 aromatic carbocycles.